The summed E-state index contributed by atoms with van der Waals surface area (Å²) in [5.74, 6) is 0.866. The summed E-state index contributed by atoms with van der Waals surface area (Å²) in [7, 11) is 0. The van der Waals surface area contributed by atoms with Crippen molar-refractivity contribution < 1.29 is 4.79 Å². The zero-order chi connectivity index (χ0) is 13.0. The Hall–Kier alpha value is -1.71. The molecule has 98 valence electrons. The highest BCUT2D eigenvalue weighted by atomic mass is 16.2. The molecular formula is C14H21N3O. The molecule has 0 atom stereocenters. The molecule has 4 N–H and O–H groups in total. The molecule has 1 aromatic carbocycles. The van der Waals surface area contributed by atoms with Crippen molar-refractivity contribution in [1.82, 2.24) is 0 Å². The van der Waals surface area contributed by atoms with E-state index >= 15 is 0 Å². The highest BCUT2D eigenvalue weighted by molar-refractivity contribution is 5.87. The number of benzene rings is 1. The molecule has 18 heavy (non-hydrogen) atoms. The van der Waals surface area contributed by atoms with Crippen molar-refractivity contribution in [2.75, 3.05) is 10.6 Å². The van der Waals surface area contributed by atoms with Gasteiger partial charge in [-0.1, -0.05) is 6.92 Å². The topological polar surface area (TPSA) is 67.2 Å². The van der Waals surface area contributed by atoms with Crippen molar-refractivity contribution in [2.24, 2.45) is 11.7 Å². The van der Waals surface area contributed by atoms with Gasteiger partial charge in [0.25, 0.3) is 0 Å². The molecule has 2 rings (SSSR count). The Labute approximate surface area is 108 Å². The zero-order valence-electron chi connectivity index (χ0n) is 10.8. The number of hydrogen-bond donors (Lipinski definition) is 3. The van der Waals surface area contributed by atoms with E-state index in [0.29, 0.717) is 6.04 Å². The number of urea groups is 1. The maximum Gasteiger partial charge on any atom is 0.316 e. The van der Waals surface area contributed by atoms with E-state index in [1.165, 1.54) is 25.7 Å². The van der Waals surface area contributed by atoms with Gasteiger partial charge in [0.15, 0.2) is 0 Å². The van der Waals surface area contributed by atoms with Crippen LogP contribution in [0.3, 0.4) is 0 Å². The lowest BCUT2D eigenvalue weighted by atomic mass is 9.87. The molecule has 1 fully saturated rings. The first-order chi connectivity index (χ1) is 8.63. The first-order valence-corrected chi connectivity index (χ1v) is 6.56. The predicted molar refractivity (Wildman–Crippen MR) is 74.7 cm³/mol. The molecule has 0 saturated heterocycles. The Balaban J connectivity index is 1.88. The molecule has 4 heteroatoms. The fraction of sp³-hybridized carbons (Fsp3) is 0.500. The van der Waals surface area contributed by atoms with E-state index in [9.17, 15) is 4.79 Å². The van der Waals surface area contributed by atoms with Crippen LogP contribution in [0.1, 0.15) is 32.6 Å². The summed E-state index contributed by atoms with van der Waals surface area (Å²) in [6.07, 6.45) is 5.09. The molecule has 0 aromatic heterocycles. The Morgan fingerprint density at radius 2 is 1.67 bits per heavy atom. The largest absolute Gasteiger partial charge is 0.382 e. The minimum absolute atomic E-state index is 0.531. The van der Waals surface area contributed by atoms with Gasteiger partial charge in [-0.2, -0.15) is 0 Å². The fourth-order valence-corrected chi connectivity index (χ4v) is 2.43. The van der Waals surface area contributed by atoms with Crippen molar-refractivity contribution in [3.8, 4) is 0 Å². The van der Waals surface area contributed by atoms with Crippen molar-refractivity contribution >= 4 is 17.4 Å². The molecule has 0 heterocycles. The van der Waals surface area contributed by atoms with Crippen molar-refractivity contribution in [1.29, 1.82) is 0 Å². The van der Waals surface area contributed by atoms with Crippen LogP contribution in [0.4, 0.5) is 16.2 Å². The highest BCUT2D eigenvalue weighted by Gasteiger charge is 2.17. The smallest absolute Gasteiger partial charge is 0.316 e. The lowest BCUT2D eigenvalue weighted by Gasteiger charge is -2.27. The second-order valence-corrected chi connectivity index (χ2v) is 5.17. The minimum Gasteiger partial charge on any atom is -0.382 e. The van der Waals surface area contributed by atoms with Crippen molar-refractivity contribution in [3.05, 3.63) is 24.3 Å². The van der Waals surface area contributed by atoms with Gasteiger partial charge in [-0.3, -0.25) is 0 Å². The van der Waals surface area contributed by atoms with Crippen LogP contribution in [-0.2, 0) is 0 Å². The van der Waals surface area contributed by atoms with Crippen LogP contribution in [0.15, 0.2) is 24.3 Å². The third-order valence-corrected chi connectivity index (χ3v) is 3.54. The Morgan fingerprint density at radius 3 is 2.22 bits per heavy atom. The molecule has 0 radical (unpaired) electrons. The van der Waals surface area contributed by atoms with E-state index < -0.39 is 6.03 Å². The fourth-order valence-electron chi connectivity index (χ4n) is 2.43. The van der Waals surface area contributed by atoms with E-state index in [-0.39, 0.29) is 0 Å². The standard InChI is InChI=1S/C14H21N3O/c1-10-2-4-11(5-3-10)16-12-6-8-13(9-7-12)17-14(15)18/h6-11,16H,2-5H2,1H3,(H3,15,17,18). The second kappa shape index (κ2) is 5.76. The van der Waals surface area contributed by atoms with Crippen LogP contribution >= 0.6 is 0 Å². The Kier molecular flexibility index (Phi) is 4.07. The van der Waals surface area contributed by atoms with Gasteiger partial charge in [-0.15, -0.1) is 0 Å². The number of nitrogens with two attached hydrogens (primary N) is 1. The van der Waals surface area contributed by atoms with E-state index in [2.05, 4.69) is 17.6 Å². The maximum absolute atomic E-state index is 10.7. The average molecular weight is 247 g/mol. The van der Waals surface area contributed by atoms with Gasteiger partial charge in [0.1, 0.15) is 0 Å². The molecule has 2 amide bonds. The number of carbonyl (C=O) groups is 1. The predicted octanol–water partition coefficient (Wildman–Crippen LogP) is 3.17. The van der Waals surface area contributed by atoms with Crippen LogP contribution in [0.25, 0.3) is 0 Å². The Morgan fingerprint density at radius 1 is 1.11 bits per heavy atom. The summed E-state index contributed by atoms with van der Waals surface area (Å²) < 4.78 is 0. The number of anilines is 2. The molecule has 1 aromatic rings. The first kappa shape index (κ1) is 12.7. The van der Waals surface area contributed by atoms with E-state index in [4.69, 9.17) is 5.73 Å². The van der Waals surface area contributed by atoms with Gasteiger partial charge in [-0.05, 0) is 55.9 Å². The second-order valence-electron chi connectivity index (χ2n) is 5.17. The van der Waals surface area contributed by atoms with Gasteiger partial charge >= 0.3 is 6.03 Å². The monoisotopic (exact) mass is 247 g/mol. The molecular weight excluding hydrogens is 226 g/mol. The van der Waals surface area contributed by atoms with Crippen molar-refractivity contribution in [2.45, 2.75) is 38.6 Å². The van der Waals surface area contributed by atoms with Gasteiger partial charge < -0.3 is 16.4 Å². The van der Waals surface area contributed by atoms with Crippen LogP contribution in [-0.4, -0.2) is 12.1 Å². The molecule has 0 bridgehead atoms. The van der Waals surface area contributed by atoms with Crippen molar-refractivity contribution in [3.63, 3.8) is 0 Å². The van der Waals surface area contributed by atoms with Gasteiger partial charge in [0.2, 0.25) is 0 Å². The average Bonchev–Trinajstić information content (AvgIpc) is 2.34. The summed E-state index contributed by atoms with van der Waals surface area (Å²) >= 11 is 0. The maximum atomic E-state index is 10.7. The third kappa shape index (κ3) is 3.65. The van der Waals surface area contributed by atoms with Crippen LogP contribution in [0.2, 0.25) is 0 Å². The molecule has 4 nitrogen and oxygen atoms in total. The minimum atomic E-state index is -0.531. The Bertz CT molecular complexity index is 394. The summed E-state index contributed by atoms with van der Waals surface area (Å²) in [5.41, 5.74) is 6.89. The normalized spacial score (nSPS) is 23.4. The number of rotatable bonds is 3. The highest BCUT2D eigenvalue weighted by Crippen LogP contribution is 2.26. The van der Waals surface area contributed by atoms with E-state index in [1.54, 1.807) is 0 Å². The molecule has 1 aliphatic carbocycles. The molecule has 0 aliphatic heterocycles. The number of carbonyl (C=O) groups excluding carboxylic acids is 1. The first-order valence-electron chi connectivity index (χ1n) is 6.56. The van der Waals surface area contributed by atoms with Gasteiger partial charge in [0, 0.05) is 17.4 Å². The SMILES string of the molecule is CC1CCC(Nc2ccc(NC(N)=O)cc2)CC1. The van der Waals surface area contributed by atoms with E-state index in [0.717, 1.165) is 17.3 Å². The number of hydrogen-bond acceptors (Lipinski definition) is 2. The molecule has 0 spiro atoms. The lowest BCUT2D eigenvalue weighted by Crippen LogP contribution is -2.25. The zero-order valence-corrected chi connectivity index (χ0v) is 10.8. The summed E-state index contributed by atoms with van der Waals surface area (Å²) in [6, 6.07) is 7.72. The third-order valence-electron chi connectivity index (χ3n) is 3.54. The summed E-state index contributed by atoms with van der Waals surface area (Å²) in [6.45, 7) is 2.32. The van der Waals surface area contributed by atoms with Gasteiger partial charge in [-0.25, -0.2) is 4.79 Å². The molecule has 1 aliphatic rings. The van der Waals surface area contributed by atoms with Crippen LogP contribution < -0.4 is 16.4 Å². The lowest BCUT2D eigenvalue weighted by molar-refractivity contribution is 0.259. The summed E-state index contributed by atoms with van der Waals surface area (Å²) in [5, 5.41) is 6.09. The number of primary amides is 1. The summed E-state index contributed by atoms with van der Waals surface area (Å²) in [4.78, 5) is 10.7. The number of amides is 2. The molecule has 0 unspecified atom stereocenters. The van der Waals surface area contributed by atoms with E-state index in [1.807, 2.05) is 24.3 Å². The van der Waals surface area contributed by atoms with Gasteiger partial charge in [0.05, 0.1) is 0 Å². The quantitative estimate of drug-likeness (QED) is 0.768. The van der Waals surface area contributed by atoms with Crippen LogP contribution in [0, 0.1) is 5.92 Å². The molecule has 1 saturated carbocycles. The number of nitrogens with one attached hydrogen (secondary N) is 2. The van der Waals surface area contributed by atoms with Crippen LogP contribution in [0.5, 0.6) is 0 Å².